The Hall–Kier alpha value is -2.10. The van der Waals surface area contributed by atoms with Crippen molar-refractivity contribution >= 4 is 59.0 Å². The van der Waals surface area contributed by atoms with Crippen molar-refractivity contribution in [3.63, 3.8) is 0 Å². The van der Waals surface area contributed by atoms with E-state index in [-0.39, 0.29) is 0 Å². The van der Waals surface area contributed by atoms with E-state index in [1.54, 1.807) is 0 Å². The van der Waals surface area contributed by atoms with E-state index in [0.717, 1.165) is 4.47 Å². The average molecular weight is 378 g/mol. The molecule has 1 nitrogen and oxygen atoms in total. The maximum Gasteiger partial charge on any atom is 0.0621 e. The summed E-state index contributed by atoms with van der Waals surface area (Å²) in [5.74, 6) is 0. The summed E-state index contributed by atoms with van der Waals surface area (Å²) in [6.07, 6.45) is 2.18. The fourth-order valence-corrected chi connectivity index (χ4v) is 4.67. The molecule has 3 aromatic carbocycles. The van der Waals surface area contributed by atoms with Crippen LogP contribution in [0.5, 0.6) is 0 Å². The number of benzene rings is 3. The maximum absolute atomic E-state index is 3.62. The Morgan fingerprint density at radius 3 is 2.52 bits per heavy atom. The SMILES string of the molecule is Brc1ccc2c(c1)c1ccsc1c1ccn(-c3ccccc3)c21. The number of para-hydroxylation sites is 1. The van der Waals surface area contributed by atoms with Crippen LogP contribution in [0.3, 0.4) is 0 Å². The normalized spacial score (nSPS) is 11.7. The molecule has 0 aliphatic carbocycles. The fourth-order valence-electron chi connectivity index (χ4n) is 3.37. The summed E-state index contributed by atoms with van der Waals surface area (Å²) in [7, 11) is 0. The molecule has 3 heteroatoms. The van der Waals surface area contributed by atoms with Crippen molar-refractivity contribution in [2.24, 2.45) is 0 Å². The van der Waals surface area contributed by atoms with Crippen LogP contribution in [0.4, 0.5) is 0 Å². The molecule has 110 valence electrons. The first-order valence-electron chi connectivity index (χ1n) is 7.48. The number of fused-ring (bicyclic) bond motifs is 6. The molecule has 0 aliphatic heterocycles. The molecule has 0 bridgehead atoms. The molecule has 0 N–H and O–H groups in total. The second-order valence-electron chi connectivity index (χ2n) is 5.64. The molecule has 0 fully saturated rings. The molecule has 0 radical (unpaired) electrons. The monoisotopic (exact) mass is 377 g/mol. The second-order valence-corrected chi connectivity index (χ2v) is 7.47. The lowest BCUT2D eigenvalue weighted by Gasteiger charge is -2.10. The standard InChI is InChI=1S/C20H12BrNS/c21-13-6-7-15-18(12-13)16-9-11-23-20(16)17-8-10-22(19(15)17)14-4-2-1-3-5-14/h1-12H. The molecule has 0 spiro atoms. The van der Waals surface area contributed by atoms with E-state index in [1.165, 1.54) is 37.4 Å². The van der Waals surface area contributed by atoms with Gasteiger partial charge in [0.25, 0.3) is 0 Å². The molecular weight excluding hydrogens is 366 g/mol. The summed E-state index contributed by atoms with van der Waals surface area (Å²) < 4.78 is 4.78. The Morgan fingerprint density at radius 1 is 0.783 bits per heavy atom. The number of aromatic nitrogens is 1. The number of hydrogen-bond donors (Lipinski definition) is 0. The summed E-state index contributed by atoms with van der Waals surface area (Å²) in [5.41, 5.74) is 2.48. The first-order valence-corrected chi connectivity index (χ1v) is 9.15. The van der Waals surface area contributed by atoms with Gasteiger partial charge in [-0.1, -0.05) is 40.2 Å². The predicted octanol–water partition coefficient (Wildman–Crippen LogP) is 6.76. The maximum atomic E-state index is 3.62. The molecule has 0 atom stereocenters. The van der Waals surface area contributed by atoms with E-state index in [0.29, 0.717) is 0 Å². The van der Waals surface area contributed by atoms with E-state index in [9.17, 15) is 0 Å². The Bertz CT molecular complexity index is 1170. The molecule has 0 unspecified atom stereocenters. The van der Waals surface area contributed by atoms with Crippen molar-refractivity contribution in [1.29, 1.82) is 0 Å². The van der Waals surface area contributed by atoms with Crippen LogP contribution in [0.15, 0.2) is 76.7 Å². The van der Waals surface area contributed by atoms with Crippen molar-refractivity contribution in [2.75, 3.05) is 0 Å². The molecule has 0 aliphatic rings. The molecule has 0 saturated carbocycles. The molecule has 23 heavy (non-hydrogen) atoms. The molecule has 0 amide bonds. The van der Waals surface area contributed by atoms with Crippen molar-refractivity contribution < 1.29 is 0 Å². The fraction of sp³-hybridized carbons (Fsp3) is 0. The van der Waals surface area contributed by atoms with Gasteiger partial charge in [-0.05, 0) is 47.2 Å². The lowest BCUT2D eigenvalue weighted by molar-refractivity contribution is 1.13. The van der Waals surface area contributed by atoms with Gasteiger partial charge in [0.15, 0.2) is 0 Å². The molecule has 2 aromatic heterocycles. The Labute approximate surface area is 145 Å². The number of rotatable bonds is 1. The van der Waals surface area contributed by atoms with Crippen LogP contribution in [-0.2, 0) is 0 Å². The summed E-state index contributed by atoms with van der Waals surface area (Å²) >= 11 is 5.44. The molecule has 5 rings (SSSR count). The minimum absolute atomic E-state index is 1.12. The summed E-state index contributed by atoms with van der Waals surface area (Å²) in [6, 6.07) is 21.6. The van der Waals surface area contributed by atoms with Gasteiger partial charge in [-0.3, -0.25) is 0 Å². The topological polar surface area (TPSA) is 4.93 Å². The van der Waals surface area contributed by atoms with Gasteiger partial charge in [0, 0.05) is 37.2 Å². The van der Waals surface area contributed by atoms with E-state index in [1.807, 2.05) is 11.3 Å². The van der Waals surface area contributed by atoms with Crippen LogP contribution >= 0.6 is 27.3 Å². The van der Waals surface area contributed by atoms with Crippen LogP contribution in [0.1, 0.15) is 0 Å². The van der Waals surface area contributed by atoms with Crippen molar-refractivity contribution in [3.8, 4) is 5.69 Å². The van der Waals surface area contributed by atoms with Gasteiger partial charge in [-0.25, -0.2) is 0 Å². The lowest BCUT2D eigenvalue weighted by atomic mass is 10.0. The Morgan fingerprint density at radius 2 is 1.65 bits per heavy atom. The zero-order chi connectivity index (χ0) is 15.4. The minimum atomic E-state index is 1.12. The number of thiophene rings is 1. The van der Waals surface area contributed by atoms with Gasteiger partial charge >= 0.3 is 0 Å². The highest BCUT2D eigenvalue weighted by molar-refractivity contribution is 9.10. The highest BCUT2D eigenvalue weighted by Crippen LogP contribution is 2.40. The van der Waals surface area contributed by atoms with Crippen LogP contribution < -0.4 is 0 Å². The first-order chi connectivity index (χ1) is 11.3. The van der Waals surface area contributed by atoms with Crippen LogP contribution in [-0.4, -0.2) is 4.57 Å². The highest BCUT2D eigenvalue weighted by Gasteiger charge is 2.14. The van der Waals surface area contributed by atoms with Gasteiger partial charge in [-0.2, -0.15) is 0 Å². The van der Waals surface area contributed by atoms with Crippen LogP contribution in [0.2, 0.25) is 0 Å². The van der Waals surface area contributed by atoms with Gasteiger partial charge in [0.05, 0.1) is 5.52 Å². The summed E-state index contributed by atoms with van der Waals surface area (Å²) in [4.78, 5) is 0. The third-order valence-corrected chi connectivity index (χ3v) is 5.80. The molecule has 0 saturated heterocycles. The summed E-state index contributed by atoms with van der Waals surface area (Å²) in [6.45, 7) is 0. The average Bonchev–Trinajstić information content (AvgIpc) is 3.22. The van der Waals surface area contributed by atoms with E-state index >= 15 is 0 Å². The quantitative estimate of drug-likeness (QED) is 0.304. The number of nitrogens with zero attached hydrogens (tertiary/aromatic N) is 1. The van der Waals surface area contributed by atoms with Crippen molar-refractivity contribution in [1.82, 2.24) is 4.57 Å². The van der Waals surface area contributed by atoms with Gasteiger partial charge < -0.3 is 4.57 Å². The first kappa shape index (κ1) is 13.3. The Kier molecular flexibility index (Phi) is 2.87. The van der Waals surface area contributed by atoms with Gasteiger partial charge in [0.1, 0.15) is 0 Å². The van der Waals surface area contributed by atoms with Gasteiger partial charge in [0.2, 0.25) is 0 Å². The third kappa shape index (κ3) is 1.90. The van der Waals surface area contributed by atoms with E-state index < -0.39 is 0 Å². The van der Waals surface area contributed by atoms with Crippen molar-refractivity contribution in [3.05, 3.63) is 76.7 Å². The summed E-state index contributed by atoms with van der Waals surface area (Å²) in [5, 5.41) is 7.45. The largest absolute Gasteiger partial charge is 0.316 e. The van der Waals surface area contributed by atoms with E-state index in [2.05, 4.69) is 92.7 Å². The Balaban J connectivity index is 2.04. The van der Waals surface area contributed by atoms with Crippen LogP contribution in [0.25, 0.3) is 37.4 Å². The zero-order valence-corrected chi connectivity index (χ0v) is 14.6. The zero-order valence-electron chi connectivity index (χ0n) is 12.2. The molecule has 2 heterocycles. The molecular formula is C20H12BrNS. The smallest absolute Gasteiger partial charge is 0.0621 e. The van der Waals surface area contributed by atoms with Gasteiger partial charge in [-0.15, -0.1) is 11.3 Å². The van der Waals surface area contributed by atoms with E-state index in [4.69, 9.17) is 0 Å². The number of hydrogen-bond acceptors (Lipinski definition) is 1. The number of halogens is 1. The highest BCUT2D eigenvalue weighted by atomic mass is 79.9. The van der Waals surface area contributed by atoms with Crippen LogP contribution in [0, 0.1) is 0 Å². The lowest BCUT2D eigenvalue weighted by Crippen LogP contribution is -1.92. The second kappa shape index (κ2) is 4.95. The van der Waals surface area contributed by atoms with Crippen molar-refractivity contribution in [2.45, 2.75) is 0 Å². The predicted molar refractivity (Wildman–Crippen MR) is 104 cm³/mol. The third-order valence-electron chi connectivity index (χ3n) is 4.36. The molecule has 5 aromatic rings. The minimum Gasteiger partial charge on any atom is -0.316 e.